The smallest absolute Gasteiger partial charge is 0.0927 e. The van der Waals surface area contributed by atoms with Crippen LogP contribution in [0, 0.1) is 5.92 Å². The summed E-state index contributed by atoms with van der Waals surface area (Å²) >= 11 is 0. The fraction of sp³-hybridized carbons (Fsp3) is 0.500. The molecule has 0 amide bonds. The van der Waals surface area contributed by atoms with Gasteiger partial charge in [-0.25, -0.2) is 0 Å². The van der Waals surface area contributed by atoms with Crippen molar-refractivity contribution in [3.8, 4) is 0 Å². The molecule has 2 heterocycles. The summed E-state index contributed by atoms with van der Waals surface area (Å²) in [5.41, 5.74) is 2.40. The number of hydrogen-bond acceptors (Lipinski definition) is 2. The van der Waals surface area contributed by atoms with E-state index in [2.05, 4.69) is 31.2 Å². The Morgan fingerprint density at radius 3 is 2.83 bits per heavy atom. The fourth-order valence-electron chi connectivity index (χ4n) is 2.98. The van der Waals surface area contributed by atoms with Gasteiger partial charge in [-0.2, -0.15) is 0 Å². The van der Waals surface area contributed by atoms with Gasteiger partial charge in [0.05, 0.1) is 25.1 Å². The highest BCUT2D eigenvalue weighted by molar-refractivity contribution is 5.62. The van der Waals surface area contributed by atoms with E-state index in [9.17, 15) is 0 Å². The van der Waals surface area contributed by atoms with Crippen molar-refractivity contribution in [2.45, 2.75) is 38.4 Å². The van der Waals surface area contributed by atoms with Crippen LogP contribution in [0.2, 0.25) is 0 Å². The Hall–Kier alpha value is -1.28. The molecule has 0 aliphatic carbocycles. The maximum Gasteiger partial charge on any atom is 0.0927 e. The van der Waals surface area contributed by atoms with E-state index >= 15 is 0 Å². The largest absolute Gasteiger partial charge is 0.501 e. The molecule has 2 nitrogen and oxygen atoms in total. The third-order valence-corrected chi connectivity index (χ3v) is 4.03. The van der Waals surface area contributed by atoms with E-state index in [-0.39, 0.29) is 0 Å². The van der Waals surface area contributed by atoms with E-state index in [0.717, 1.165) is 6.61 Å². The lowest BCUT2D eigenvalue weighted by molar-refractivity contribution is 0.0763. The Balaban J connectivity index is 1.52. The van der Waals surface area contributed by atoms with Crippen LogP contribution in [0.15, 0.2) is 36.6 Å². The molecule has 1 aromatic rings. The lowest BCUT2D eigenvalue weighted by atomic mass is 9.90. The van der Waals surface area contributed by atoms with Gasteiger partial charge in [-0.3, -0.25) is 0 Å². The normalized spacial score (nSPS) is 30.7. The molecule has 3 atom stereocenters. The van der Waals surface area contributed by atoms with Gasteiger partial charge in [-0.05, 0) is 37.3 Å². The minimum absolute atomic E-state index is 0.459. The zero-order valence-electron chi connectivity index (χ0n) is 10.8. The Bertz CT molecular complexity index is 424. The van der Waals surface area contributed by atoms with Crippen molar-refractivity contribution in [3.63, 3.8) is 0 Å². The predicted octanol–water partition coefficient (Wildman–Crippen LogP) is 3.63. The first-order chi connectivity index (χ1) is 8.83. The number of fused-ring (bicyclic) bond motifs is 2. The lowest BCUT2D eigenvalue weighted by Gasteiger charge is -2.17. The zero-order chi connectivity index (χ0) is 12.4. The van der Waals surface area contributed by atoms with Gasteiger partial charge in [-0.1, -0.05) is 30.3 Å². The average molecular weight is 244 g/mol. The summed E-state index contributed by atoms with van der Waals surface area (Å²) in [7, 11) is 0. The molecule has 0 aromatic heterocycles. The molecule has 2 heteroatoms. The molecule has 0 spiro atoms. The molecule has 2 aliphatic heterocycles. The lowest BCUT2D eigenvalue weighted by Crippen LogP contribution is -2.20. The average Bonchev–Trinajstić information content (AvgIpc) is 3.02. The van der Waals surface area contributed by atoms with E-state index in [0.29, 0.717) is 18.1 Å². The van der Waals surface area contributed by atoms with Gasteiger partial charge in [0, 0.05) is 5.92 Å². The highest BCUT2D eigenvalue weighted by atomic mass is 16.5. The number of ether oxygens (including phenoxy) is 2. The molecule has 1 aromatic carbocycles. The standard InChI is InChI=1S/C16H20O2/c1-12(13-5-3-2-4-6-13)10-17-11-14-9-15-7-8-16(14)18-15/h2-6,10,14-16H,7-9,11H2,1H3/b12-10-. The molecule has 0 radical (unpaired) electrons. The number of rotatable bonds is 4. The molecule has 0 saturated carbocycles. The highest BCUT2D eigenvalue weighted by Crippen LogP contribution is 2.38. The summed E-state index contributed by atoms with van der Waals surface area (Å²) in [6.45, 7) is 2.89. The van der Waals surface area contributed by atoms with Crippen LogP contribution in [-0.4, -0.2) is 18.8 Å². The van der Waals surface area contributed by atoms with Crippen molar-refractivity contribution >= 4 is 5.57 Å². The quantitative estimate of drug-likeness (QED) is 0.753. The zero-order valence-corrected chi connectivity index (χ0v) is 10.8. The summed E-state index contributed by atoms with van der Waals surface area (Å²) in [5, 5.41) is 0. The molecular weight excluding hydrogens is 224 g/mol. The van der Waals surface area contributed by atoms with E-state index in [1.165, 1.54) is 30.4 Å². The Kier molecular flexibility index (Phi) is 3.37. The van der Waals surface area contributed by atoms with E-state index in [4.69, 9.17) is 9.47 Å². The molecule has 96 valence electrons. The predicted molar refractivity (Wildman–Crippen MR) is 72.0 cm³/mol. The van der Waals surface area contributed by atoms with Gasteiger partial charge >= 0.3 is 0 Å². The Labute approximate surface area is 109 Å². The van der Waals surface area contributed by atoms with Crippen molar-refractivity contribution in [2.24, 2.45) is 5.92 Å². The summed E-state index contributed by atoms with van der Waals surface area (Å²) in [6.07, 6.45) is 6.52. The third kappa shape index (κ3) is 2.44. The molecule has 2 fully saturated rings. The van der Waals surface area contributed by atoms with Gasteiger partial charge in [0.25, 0.3) is 0 Å². The maximum atomic E-state index is 5.83. The van der Waals surface area contributed by atoms with Gasteiger partial charge in [0.1, 0.15) is 0 Å². The molecule has 0 N–H and O–H groups in total. The second kappa shape index (κ2) is 5.15. The first-order valence-corrected chi connectivity index (χ1v) is 6.82. The van der Waals surface area contributed by atoms with E-state index in [1.54, 1.807) is 0 Å². The number of hydrogen-bond donors (Lipinski definition) is 0. The summed E-state index contributed by atoms with van der Waals surface area (Å²) < 4.78 is 11.6. The van der Waals surface area contributed by atoms with Crippen molar-refractivity contribution in [1.29, 1.82) is 0 Å². The van der Waals surface area contributed by atoms with Crippen molar-refractivity contribution < 1.29 is 9.47 Å². The third-order valence-electron chi connectivity index (χ3n) is 4.03. The second-order valence-electron chi connectivity index (χ2n) is 5.37. The molecule has 2 saturated heterocycles. The van der Waals surface area contributed by atoms with Crippen LogP contribution in [-0.2, 0) is 9.47 Å². The van der Waals surface area contributed by atoms with Crippen LogP contribution in [0.25, 0.3) is 5.57 Å². The molecular formula is C16H20O2. The van der Waals surface area contributed by atoms with Crippen LogP contribution in [0.1, 0.15) is 31.7 Å². The number of benzene rings is 1. The molecule has 18 heavy (non-hydrogen) atoms. The SMILES string of the molecule is C/C(=C/OCC1CC2CCC1O2)c1ccccc1. The fourth-order valence-corrected chi connectivity index (χ4v) is 2.98. The number of allylic oxidation sites excluding steroid dienone is 1. The van der Waals surface area contributed by atoms with Crippen molar-refractivity contribution in [1.82, 2.24) is 0 Å². The second-order valence-corrected chi connectivity index (χ2v) is 5.37. The van der Waals surface area contributed by atoms with Crippen LogP contribution in [0.4, 0.5) is 0 Å². The molecule has 3 rings (SSSR count). The van der Waals surface area contributed by atoms with Crippen LogP contribution in [0.5, 0.6) is 0 Å². The van der Waals surface area contributed by atoms with Gasteiger partial charge in [0.2, 0.25) is 0 Å². The molecule has 3 unspecified atom stereocenters. The minimum atomic E-state index is 0.459. The summed E-state index contributed by atoms with van der Waals surface area (Å²) in [6, 6.07) is 10.3. The van der Waals surface area contributed by atoms with Crippen LogP contribution in [0.3, 0.4) is 0 Å². The highest BCUT2D eigenvalue weighted by Gasteiger charge is 2.40. The Morgan fingerprint density at radius 2 is 2.17 bits per heavy atom. The first kappa shape index (κ1) is 11.8. The van der Waals surface area contributed by atoms with Gasteiger partial charge < -0.3 is 9.47 Å². The minimum Gasteiger partial charge on any atom is -0.501 e. The first-order valence-electron chi connectivity index (χ1n) is 6.82. The van der Waals surface area contributed by atoms with Gasteiger partial charge in [-0.15, -0.1) is 0 Å². The van der Waals surface area contributed by atoms with E-state index < -0.39 is 0 Å². The molecule has 2 bridgehead atoms. The van der Waals surface area contributed by atoms with Crippen molar-refractivity contribution in [3.05, 3.63) is 42.2 Å². The van der Waals surface area contributed by atoms with Gasteiger partial charge in [0.15, 0.2) is 0 Å². The van der Waals surface area contributed by atoms with Crippen LogP contribution >= 0.6 is 0 Å². The van der Waals surface area contributed by atoms with Crippen LogP contribution < -0.4 is 0 Å². The summed E-state index contributed by atoms with van der Waals surface area (Å²) in [4.78, 5) is 0. The molecule has 2 aliphatic rings. The maximum absolute atomic E-state index is 5.83. The topological polar surface area (TPSA) is 18.5 Å². The summed E-state index contributed by atoms with van der Waals surface area (Å²) in [5.74, 6) is 0.601. The monoisotopic (exact) mass is 244 g/mol. The Morgan fingerprint density at radius 1 is 1.33 bits per heavy atom. The van der Waals surface area contributed by atoms with Crippen molar-refractivity contribution in [2.75, 3.05) is 6.61 Å². The van der Waals surface area contributed by atoms with E-state index in [1.807, 2.05) is 12.3 Å².